The number of hydrogen-bond donors (Lipinski definition) is 0. The van der Waals surface area contributed by atoms with Crippen molar-refractivity contribution in [3.63, 3.8) is 0 Å². The molecule has 4 heteroatoms. The molecule has 0 N–H and O–H groups in total. The van der Waals surface area contributed by atoms with Crippen LogP contribution in [-0.2, 0) is 4.43 Å². The monoisotopic (exact) mass is 458 g/mol. The summed E-state index contributed by atoms with van der Waals surface area (Å²) in [6, 6.07) is 27.1. The molecule has 0 radical (unpaired) electrons. The average Bonchev–Trinajstić information content (AvgIpc) is 2.65. The Morgan fingerprint density at radius 2 is 1.37 bits per heavy atom. The zero-order chi connectivity index (χ0) is 19.4. The lowest BCUT2D eigenvalue weighted by atomic mass is 9.85. The number of rotatable bonds is 5. The zero-order valence-electron chi connectivity index (χ0n) is 15.8. The summed E-state index contributed by atoms with van der Waals surface area (Å²) in [7, 11) is -1.89. The Bertz CT molecular complexity index is 838. The Labute approximate surface area is 177 Å². The number of benzene rings is 3. The third kappa shape index (κ3) is 5.11. The smallest absolute Gasteiger partial charge is 0.240 e. The highest BCUT2D eigenvalue weighted by Gasteiger charge is 2.33. The fourth-order valence-electron chi connectivity index (χ4n) is 3.20. The summed E-state index contributed by atoms with van der Waals surface area (Å²) >= 11 is 10.2. The van der Waals surface area contributed by atoms with Gasteiger partial charge in [0, 0.05) is 9.50 Å². The molecular formula is C23H24BrClOSi. The molecule has 0 aromatic heterocycles. The van der Waals surface area contributed by atoms with Gasteiger partial charge in [0.05, 0.1) is 6.10 Å². The summed E-state index contributed by atoms with van der Waals surface area (Å²) in [5.41, 5.74) is 0.932. The molecule has 27 heavy (non-hydrogen) atoms. The predicted molar refractivity (Wildman–Crippen MR) is 122 cm³/mol. The molecule has 140 valence electrons. The Morgan fingerprint density at radius 1 is 0.852 bits per heavy atom. The van der Waals surface area contributed by atoms with Gasteiger partial charge in [-0.15, -0.1) is 0 Å². The molecule has 0 spiro atoms. The summed E-state index contributed by atoms with van der Waals surface area (Å²) in [4.78, 5) is 0. The second-order valence-electron chi connectivity index (χ2n) is 7.75. The molecule has 0 heterocycles. The third-order valence-corrected chi connectivity index (χ3v) is 7.87. The van der Waals surface area contributed by atoms with Gasteiger partial charge in [-0.3, -0.25) is 0 Å². The van der Waals surface area contributed by atoms with Crippen LogP contribution in [0.15, 0.2) is 83.3 Å². The second-order valence-corrected chi connectivity index (χ2v) is 11.4. The van der Waals surface area contributed by atoms with Crippen LogP contribution in [0.1, 0.15) is 32.4 Å². The van der Waals surface area contributed by atoms with Gasteiger partial charge < -0.3 is 4.43 Å². The van der Waals surface area contributed by atoms with Crippen LogP contribution in [0.4, 0.5) is 0 Å². The Kier molecular flexibility index (Phi) is 6.59. The molecule has 0 saturated heterocycles. The molecule has 0 aliphatic heterocycles. The molecule has 0 saturated carbocycles. The lowest BCUT2D eigenvalue weighted by molar-refractivity contribution is 0.0897. The van der Waals surface area contributed by atoms with Crippen LogP contribution in [0.25, 0.3) is 0 Å². The Morgan fingerprint density at radius 3 is 1.85 bits per heavy atom. The highest BCUT2D eigenvalue weighted by Crippen LogP contribution is 2.40. The maximum absolute atomic E-state index is 6.94. The Balaban J connectivity index is 2.07. The van der Waals surface area contributed by atoms with Gasteiger partial charge in [-0.2, -0.15) is 0 Å². The van der Waals surface area contributed by atoms with Gasteiger partial charge in [0.25, 0.3) is 0 Å². The molecule has 0 aliphatic rings. The van der Waals surface area contributed by atoms with E-state index in [4.69, 9.17) is 16.0 Å². The van der Waals surface area contributed by atoms with Crippen molar-refractivity contribution in [3.8, 4) is 0 Å². The first-order valence-electron chi connectivity index (χ1n) is 9.06. The summed E-state index contributed by atoms with van der Waals surface area (Å²) in [5.74, 6) is 0. The lowest BCUT2D eigenvalue weighted by Gasteiger charge is -2.35. The van der Waals surface area contributed by atoms with Gasteiger partial charge in [0.1, 0.15) is 0 Å². The first kappa shape index (κ1) is 20.3. The minimum Gasteiger partial charge on any atom is -0.403 e. The van der Waals surface area contributed by atoms with Crippen molar-refractivity contribution >= 4 is 46.9 Å². The molecule has 1 atom stereocenters. The summed E-state index contributed by atoms with van der Waals surface area (Å²) in [5, 5.41) is 3.28. The van der Waals surface area contributed by atoms with E-state index in [9.17, 15) is 0 Å². The first-order valence-corrected chi connectivity index (χ1v) is 11.9. The molecule has 3 rings (SSSR count). The van der Waals surface area contributed by atoms with Crippen molar-refractivity contribution in [3.05, 3.63) is 93.9 Å². The van der Waals surface area contributed by atoms with Gasteiger partial charge >= 0.3 is 0 Å². The van der Waals surface area contributed by atoms with E-state index in [2.05, 4.69) is 91.3 Å². The largest absolute Gasteiger partial charge is 0.403 e. The van der Waals surface area contributed by atoms with Crippen LogP contribution in [-0.4, -0.2) is 9.04 Å². The molecule has 1 unspecified atom stereocenters. The van der Waals surface area contributed by atoms with Crippen LogP contribution in [0, 0.1) is 5.41 Å². The normalized spacial score (nSPS) is 13.0. The molecule has 1 nitrogen and oxygen atoms in total. The predicted octanol–water partition coefficient (Wildman–Crippen LogP) is 5.74. The highest BCUT2D eigenvalue weighted by molar-refractivity contribution is 9.10. The first-order chi connectivity index (χ1) is 12.9. The van der Waals surface area contributed by atoms with Gasteiger partial charge in [0.2, 0.25) is 9.04 Å². The molecular weight excluding hydrogens is 436 g/mol. The van der Waals surface area contributed by atoms with Gasteiger partial charge in [-0.05, 0) is 39.6 Å². The van der Waals surface area contributed by atoms with E-state index in [-0.39, 0.29) is 11.5 Å². The second kappa shape index (κ2) is 8.74. The molecule has 0 amide bonds. The average molecular weight is 460 g/mol. The minimum atomic E-state index is -1.89. The molecule has 0 bridgehead atoms. The van der Waals surface area contributed by atoms with E-state index >= 15 is 0 Å². The maximum atomic E-state index is 6.94. The number of hydrogen-bond acceptors (Lipinski definition) is 1. The quantitative estimate of drug-likeness (QED) is 0.442. The highest BCUT2D eigenvalue weighted by atomic mass is 79.9. The van der Waals surface area contributed by atoms with Crippen LogP contribution >= 0.6 is 27.5 Å². The fourth-order valence-corrected chi connectivity index (χ4v) is 6.47. The minimum absolute atomic E-state index is 0.0980. The van der Waals surface area contributed by atoms with E-state index in [0.717, 1.165) is 15.1 Å². The summed E-state index contributed by atoms with van der Waals surface area (Å²) < 4.78 is 7.95. The molecule has 0 aliphatic carbocycles. The van der Waals surface area contributed by atoms with Crippen LogP contribution in [0.3, 0.4) is 0 Å². The van der Waals surface area contributed by atoms with Crippen molar-refractivity contribution in [1.29, 1.82) is 0 Å². The fraction of sp³-hybridized carbons (Fsp3) is 0.217. The van der Waals surface area contributed by atoms with Gasteiger partial charge in [0.15, 0.2) is 0 Å². The van der Waals surface area contributed by atoms with Crippen molar-refractivity contribution in [2.24, 2.45) is 5.41 Å². The summed E-state index contributed by atoms with van der Waals surface area (Å²) in [6.07, 6.45) is -0.112. The van der Waals surface area contributed by atoms with E-state index in [1.807, 2.05) is 24.3 Å². The van der Waals surface area contributed by atoms with Gasteiger partial charge in [-0.1, -0.05) is 109 Å². The standard InChI is InChI=1S/C23H24BrClOSi/c1-23(2,3)22(20-16-17(24)14-15-21(20)25)26-27(18-10-6-4-7-11-18)19-12-8-5-9-13-19/h4-16,22,27H,1-3H3. The number of halogens is 2. The van der Waals surface area contributed by atoms with Crippen molar-refractivity contribution in [2.75, 3.05) is 0 Å². The van der Waals surface area contributed by atoms with Crippen LogP contribution < -0.4 is 10.4 Å². The zero-order valence-corrected chi connectivity index (χ0v) is 19.3. The topological polar surface area (TPSA) is 9.23 Å². The van der Waals surface area contributed by atoms with Crippen molar-refractivity contribution in [1.82, 2.24) is 0 Å². The lowest BCUT2D eigenvalue weighted by Crippen LogP contribution is -2.47. The van der Waals surface area contributed by atoms with Crippen LogP contribution in [0.2, 0.25) is 5.02 Å². The molecule has 0 fully saturated rings. The van der Waals surface area contributed by atoms with Gasteiger partial charge in [-0.25, -0.2) is 0 Å². The van der Waals surface area contributed by atoms with E-state index < -0.39 is 9.04 Å². The maximum Gasteiger partial charge on any atom is 0.240 e. The van der Waals surface area contributed by atoms with E-state index in [1.54, 1.807) is 0 Å². The SMILES string of the molecule is CC(C)(C)C(O[SiH](c1ccccc1)c1ccccc1)c1cc(Br)ccc1Cl. The van der Waals surface area contributed by atoms with Crippen molar-refractivity contribution in [2.45, 2.75) is 26.9 Å². The third-order valence-electron chi connectivity index (χ3n) is 4.50. The molecule has 3 aromatic carbocycles. The van der Waals surface area contributed by atoms with Crippen molar-refractivity contribution < 1.29 is 4.43 Å². The molecule has 3 aromatic rings. The Hall–Kier alpha value is -1.39. The van der Waals surface area contributed by atoms with E-state index in [1.165, 1.54) is 10.4 Å². The van der Waals surface area contributed by atoms with E-state index in [0.29, 0.717) is 0 Å². The summed E-state index contributed by atoms with van der Waals surface area (Å²) in [6.45, 7) is 6.61. The van der Waals surface area contributed by atoms with Crippen LogP contribution in [0.5, 0.6) is 0 Å².